The minimum Gasteiger partial charge on any atom is -0.322 e. The van der Waals surface area contributed by atoms with Crippen LogP contribution in [0.2, 0.25) is 0 Å². The summed E-state index contributed by atoms with van der Waals surface area (Å²) in [5.74, 6) is 0.0686. The molecule has 0 radical (unpaired) electrons. The first-order valence-corrected chi connectivity index (χ1v) is 7.18. The summed E-state index contributed by atoms with van der Waals surface area (Å²) in [5.41, 5.74) is 4.92. The Morgan fingerprint density at radius 3 is 2.45 bits per heavy atom. The van der Waals surface area contributed by atoms with E-state index in [0.717, 1.165) is 26.9 Å². The highest BCUT2D eigenvalue weighted by molar-refractivity contribution is 9.10. The van der Waals surface area contributed by atoms with Crippen LogP contribution in [-0.2, 0) is 6.54 Å². The smallest absolute Gasteiger partial charge is 0.133 e. The van der Waals surface area contributed by atoms with E-state index in [2.05, 4.69) is 15.9 Å². The van der Waals surface area contributed by atoms with Crippen LogP contribution in [0, 0.1) is 25.1 Å². The van der Waals surface area contributed by atoms with E-state index in [1.165, 1.54) is 12.1 Å². The molecule has 0 bridgehead atoms. The maximum atomic E-state index is 13.3. The summed E-state index contributed by atoms with van der Waals surface area (Å²) in [6.45, 7) is 4.69. The molecule has 0 aliphatic carbocycles. The predicted molar refractivity (Wildman–Crippen MR) is 83.0 cm³/mol. The van der Waals surface area contributed by atoms with Crippen LogP contribution in [-0.4, -0.2) is 5.84 Å². The number of nitrogens with zero attached hydrogens (tertiary/aromatic N) is 1. The fraction of sp³-hybridized carbons (Fsp3) is 0.188. The average Bonchev–Trinajstić information content (AvgIpc) is 2.73. The molecule has 1 N–H and O–H groups in total. The third-order valence-corrected chi connectivity index (χ3v) is 4.91. The van der Waals surface area contributed by atoms with Crippen LogP contribution in [0.5, 0.6) is 0 Å². The number of hydrogen-bond donors (Lipinski definition) is 1. The number of hydrogen-bond acceptors (Lipinski definition) is 1. The summed E-state index contributed by atoms with van der Waals surface area (Å²) in [6, 6.07) is 8.75. The Hall–Kier alpha value is -1.68. The topological polar surface area (TPSA) is 27.1 Å². The normalized spacial score (nSPS) is 13.8. The van der Waals surface area contributed by atoms with E-state index in [1.54, 1.807) is 6.07 Å². The largest absolute Gasteiger partial charge is 0.322 e. The number of fused-ring (bicyclic) bond motifs is 1. The van der Waals surface area contributed by atoms with Crippen LogP contribution in [0.4, 0.5) is 10.1 Å². The Bertz CT molecular complexity index is 701. The zero-order valence-electron chi connectivity index (χ0n) is 11.3. The Morgan fingerprint density at radius 1 is 1.15 bits per heavy atom. The van der Waals surface area contributed by atoms with E-state index in [4.69, 9.17) is 5.41 Å². The van der Waals surface area contributed by atoms with Gasteiger partial charge in [-0.2, -0.15) is 0 Å². The number of amidine groups is 1. The standard InChI is InChI=1S/C16H14BrFN2/c1-9-5-13(6-10(2)15(9)17)20-8-11-3-4-12(18)7-14(11)16(20)19/h3-7,19H,8H2,1-2H3. The Labute approximate surface area is 125 Å². The highest BCUT2D eigenvalue weighted by atomic mass is 79.9. The molecule has 3 rings (SSSR count). The van der Waals surface area contributed by atoms with Crippen LogP contribution in [0.3, 0.4) is 0 Å². The molecule has 20 heavy (non-hydrogen) atoms. The van der Waals surface area contributed by atoms with Crippen molar-refractivity contribution in [3.05, 3.63) is 62.9 Å². The summed E-state index contributed by atoms with van der Waals surface area (Å²) >= 11 is 3.55. The van der Waals surface area contributed by atoms with Gasteiger partial charge >= 0.3 is 0 Å². The molecule has 2 nitrogen and oxygen atoms in total. The van der Waals surface area contributed by atoms with Crippen molar-refractivity contribution < 1.29 is 4.39 Å². The molecule has 0 fully saturated rings. The minimum absolute atomic E-state index is 0.293. The molecule has 102 valence electrons. The molecular weight excluding hydrogens is 319 g/mol. The number of rotatable bonds is 1. The van der Waals surface area contributed by atoms with Gasteiger partial charge in [-0.15, -0.1) is 0 Å². The van der Waals surface area contributed by atoms with Gasteiger partial charge in [0.15, 0.2) is 0 Å². The maximum absolute atomic E-state index is 13.3. The molecule has 0 amide bonds. The molecule has 2 aromatic carbocycles. The van der Waals surface area contributed by atoms with Crippen molar-refractivity contribution >= 4 is 27.5 Å². The molecule has 0 unspecified atom stereocenters. The van der Waals surface area contributed by atoms with Crippen molar-refractivity contribution in [1.29, 1.82) is 5.41 Å². The zero-order valence-corrected chi connectivity index (χ0v) is 12.9. The number of halogens is 2. The van der Waals surface area contributed by atoms with Gasteiger partial charge in [-0.3, -0.25) is 5.41 Å². The minimum atomic E-state index is -0.293. The van der Waals surface area contributed by atoms with E-state index in [9.17, 15) is 4.39 Å². The van der Waals surface area contributed by atoms with E-state index < -0.39 is 0 Å². The van der Waals surface area contributed by atoms with Crippen LogP contribution in [0.25, 0.3) is 0 Å². The van der Waals surface area contributed by atoms with E-state index in [1.807, 2.05) is 30.9 Å². The van der Waals surface area contributed by atoms with Gasteiger partial charge in [0.05, 0.1) is 6.54 Å². The fourth-order valence-electron chi connectivity index (χ4n) is 2.60. The quantitative estimate of drug-likeness (QED) is 0.814. The Balaban J connectivity index is 2.04. The SMILES string of the molecule is Cc1cc(N2Cc3ccc(F)cc3C2=N)cc(C)c1Br. The molecule has 1 aliphatic rings. The molecule has 0 atom stereocenters. The van der Waals surface area contributed by atoms with Crippen LogP contribution >= 0.6 is 15.9 Å². The van der Waals surface area contributed by atoms with Crippen LogP contribution in [0.1, 0.15) is 22.3 Å². The lowest BCUT2D eigenvalue weighted by Crippen LogP contribution is -2.23. The first-order chi connectivity index (χ1) is 9.47. The van der Waals surface area contributed by atoms with Gasteiger partial charge in [-0.1, -0.05) is 22.0 Å². The first kappa shape index (κ1) is 13.3. The number of nitrogens with one attached hydrogen (secondary N) is 1. The van der Waals surface area contributed by atoms with Crippen molar-refractivity contribution in [1.82, 2.24) is 0 Å². The summed E-state index contributed by atoms with van der Waals surface area (Å²) in [7, 11) is 0. The Kier molecular flexibility index (Phi) is 3.13. The predicted octanol–water partition coefficient (Wildman–Crippen LogP) is 4.55. The third-order valence-electron chi connectivity index (χ3n) is 3.66. The monoisotopic (exact) mass is 332 g/mol. The van der Waals surface area contributed by atoms with Gasteiger partial charge in [0.2, 0.25) is 0 Å². The van der Waals surface area contributed by atoms with Gasteiger partial charge in [-0.05, 0) is 54.8 Å². The molecule has 1 heterocycles. The van der Waals surface area contributed by atoms with Crippen molar-refractivity contribution in [3.63, 3.8) is 0 Å². The van der Waals surface area contributed by atoms with E-state index in [-0.39, 0.29) is 5.82 Å². The lowest BCUT2D eigenvalue weighted by molar-refractivity contribution is 0.627. The van der Waals surface area contributed by atoms with Gasteiger partial charge in [0.1, 0.15) is 11.7 Å². The number of benzene rings is 2. The summed E-state index contributed by atoms with van der Waals surface area (Å²) in [6.07, 6.45) is 0. The van der Waals surface area contributed by atoms with Crippen molar-refractivity contribution in [2.75, 3.05) is 4.90 Å². The van der Waals surface area contributed by atoms with E-state index >= 15 is 0 Å². The molecule has 0 aromatic heterocycles. The van der Waals surface area contributed by atoms with Crippen molar-refractivity contribution in [2.24, 2.45) is 0 Å². The van der Waals surface area contributed by atoms with Gasteiger partial charge in [0, 0.05) is 15.7 Å². The van der Waals surface area contributed by atoms with Crippen molar-refractivity contribution in [3.8, 4) is 0 Å². The Morgan fingerprint density at radius 2 is 1.80 bits per heavy atom. The molecule has 0 saturated heterocycles. The van der Waals surface area contributed by atoms with Crippen LogP contribution in [0.15, 0.2) is 34.8 Å². The second kappa shape index (κ2) is 4.70. The lowest BCUT2D eigenvalue weighted by Gasteiger charge is -2.20. The fourth-order valence-corrected chi connectivity index (χ4v) is 2.83. The van der Waals surface area contributed by atoms with Gasteiger partial charge in [0.25, 0.3) is 0 Å². The lowest BCUT2D eigenvalue weighted by atomic mass is 10.1. The summed E-state index contributed by atoms with van der Waals surface area (Å²) in [4.78, 5) is 1.91. The van der Waals surface area contributed by atoms with Gasteiger partial charge < -0.3 is 4.90 Å². The zero-order chi connectivity index (χ0) is 14.4. The molecule has 2 aromatic rings. The summed E-state index contributed by atoms with van der Waals surface area (Å²) < 4.78 is 14.4. The molecule has 4 heteroatoms. The summed E-state index contributed by atoms with van der Waals surface area (Å²) in [5, 5.41) is 8.26. The second-order valence-corrected chi connectivity index (χ2v) is 5.92. The third kappa shape index (κ3) is 2.04. The molecule has 0 spiro atoms. The molecular formula is C16H14BrFN2. The van der Waals surface area contributed by atoms with E-state index in [0.29, 0.717) is 17.9 Å². The molecule has 1 aliphatic heterocycles. The maximum Gasteiger partial charge on any atom is 0.133 e. The van der Waals surface area contributed by atoms with Gasteiger partial charge in [-0.25, -0.2) is 4.39 Å². The van der Waals surface area contributed by atoms with Crippen LogP contribution < -0.4 is 4.90 Å². The average molecular weight is 333 g/mol. The van der Waals surface area contributed by atoms with Crippen molar-refractivity contribution in [2.45, 2.75) is 20.4 Å². The number of aryl methyl sites for hydroxylation is 2. The highest BCUT2D eigenvalue weighted by Gasteiger charge is 2.26. The second-order valence-electron chi connectivity index (χ2n) is 5.13. The first-order valence-electron chi connectivity index (χ1n) is 6.39. The number of anilines is 1. The highest BCUT2D eigenvalue weighted by Crippen LogP contribution is 2.32. The molecule has 0 saturated carbocycles.